The van der Waals surface area contributed by atoms with E-state index in [2.05, 4.69) is 40.4 Å². The third kappa shape index (κ3) is 4.17. The lowest BCUT2D eigenvalue weighted by molar-refractivity contribution is 0.0981. The van der Waals surface area contributed by atoms with Crippen molar-refractivity contribution in [1.82, 2.24) is 19.7 Å². The van der Waals surface area contributed by atoms with Crippen LogP contribution in [-0.2, 0) is 10.0 Å². The Balaban J connectivity index is 1.61. The predicted octanol–water partition coefficient (Wildman–Crippen LogP) is 3.95. The van der Waals surface area contributed by atoms with Crippen LogP contribution in [0.5, 0.6) is 0 Å². The minimum Gasteiger partial charge on any atom is -0.383 e. The van der Waals surface area contributed by atoms with Crippen molar-refractivity contribution in [1.29, 1.82) is 0 Å². The van der Waals surface area contributed by atoms with Crippen molar-refractivity contribution in [3.63, 3.8) is 0 Å². The van der Waals surface area contributed by atoms with Gasteiger partial charge in [0.05, 0.1) is 11.3 Å². The van der Waals surface area contributed by atoms with Crippen LogP contribution in [0.3, 0.4) is 0 Å². The molecular weight excluding hydrogens is 476 g/mol. The topological polar surface area (TPSA) is 134 Å². The fraction of sp³-hybridized carbons (Fsp3) is 0.269. The second-order valence-electron chi connectivity index (χ2n) is 9.87. The van der Waals surface area contributed by atoms with Gasteiger partial charge in [-0.15, -0.1) is 0 Å². The number of aromatic nitrogens is 3. The maximum Gasteiger partial charge on any atom is 0.268 e. The Labute approximate surface area is 209 Å². The minimum atomic E-state index is -4.24. The molecule has 1 unspecified atom stereocenters. The summed E-state index contributed by atoms with van der Waals surface area (Å²) in [6.45, 7) is 7.06. The van der Waals surface area contributed by atoms with Gasteiger partial charge in [-0.05, 0) is 62.6 Å². The summed E-state index contributed by atoms with van der Waals surface area (Å²) in [5.74, 6) is -0.127. The van der Waals surface area contributed by atoms with Crippen LogP contribution in [-0.4, -0.2) is 41.4 Å². The highest BCUT2D eigenvalue weighted by Crippen LogP contribution is 2.39. The SMILES string of the molecule is CC1CN(c2nc(-c3cccc4[nH]ccc34)ccc2C(=O)NS(=O)(=O)c2cccnc2N)C(C)(C)C1. The maximum atomic E-state index is 13.4. The lowest BCUT2D eigenvalue weighted by Crippen LogP contribution is -2.41. The third-order valence-electron chi connectivity index (χ3n) is 6.64. The standard InChI is InChI=1S/C26H28N6O3S/c1-16-14-26(2,3)32(15-16)24-19(25(33)31-36(34,35)22-8-5-12-29-23(22)27)9-10-21(30-24)17-6-4-7-20-18(17)11-13-28-20/h4-13,16,28H,14-15H2,1-3H3,(H2,27,29)(H,31,33). The van der Waals surface area contributed by atoms with E-state index < -0.39 is 15.9 Å². The van der Waals surface area contributed by atoms with Crippen LogP contribution >= 0.6 is 0 Å². The smallest absolute Gasteiger partial charge is 0.268 e. The number of H-pyrrole nitrogens is 1. The van der Waals surface area contributed by atoms with Crippen molar-refractivity contribution in [3.05, 3.63) is 66.5 Å². The second kappa shape index (κ2) is 8.63. The summed E-state index contributed by atoms with van der Waals surface area (Å²) in [5, 5.41) is 1.01. The van der Waals surface area contributed by atoms with Crippen molar-refractivity contribution in [2.45, 2.75) is 37.6 Å². The van der Waals surface area contributed by atoms with Crippen molar-refractivity contribution in [2.24, 2.45) is 5.92 Å². The van der Waals surface area contributed by atoms with E-state index in [1.165, 1.54) is 18.3 Å². The van der Waals surface area contributed by atoms with Gasteiger partial charge in [-0.25, -0.2) is 23.1 Å². The molecule has 9 nitrogen and oxygen atoms in total. The molecule has 1 aliphatic rings. The summed E-state index contributed by atoms with van der Waals surface area (Å²) in [6.07, 6.45) is 4.17. The molecule has 0 aliphatic carbocycles. The van der Waals surface area contributed by atoms with Crippen LogP contribution in [0.1, 0.15) is 37.6 Å². The van der Waals surface area contributed by atoms with E-state index in [-0.39, 0.29) is 21.8 Å². The summed E-state index contributed by atoms with van der Waals surface area (Å²) in [6, 6.07) is 14.0. The van der Waals surface area contributed by atoms with E-state index in [4.69, 9.17) is 10.7 Å². The van der Waals surface area contributed by atoms with E-state index in [1.54, 1.807) is 12.1 Å². The molecule has 10 heteroatoms. The molecule has 5 rings (SSSR count). The molecule has 3 aromatic heterocycles. The first-order chi connectivity index (χ1) is 17.1. The Morgan fingerprint density at radius 1 is 1.17 bits per heavy atom. The first-order valence-corrected chi connectivity index (χ1v) is 13.2. The molecule has 1 atom stereocenters. The maximum absolute atomic E-state index is 13.4. The molecule has 1 aromatic carbocycles. The summed E-state index contributed by atoms with van der Waals surface area (Å²) in [4.78, 5) is 27.2. The summed E-state index contributed by atoms with van der Waals surface area (Å²) < 4.78 is 28.1. The normalized spacial score (nSPS) is 17.4. The quantitative estimate of drug-likeness (QED) is 0.375. The van der Waals surface area contributed by atoms with Gasteiger partial charge in [0.1, 0.15) is 16.5 Å². The average molecular weight is 505 g/mol. The monoisotopic (exact) mass is 504 g/mol. The Hall–Kier alpha value is -3.92. The van der Waals surface area contributed by atoms with Gasteiger partial charge in [0.25, 0.3) is 15.9 Å². The molecule has 1 aliphatic heterocycles. The molecular formula is C26H28N6O3S. The van der Waals surface area contributed by atoms with Crippen molar-refractivity contribution >= 4 is 38.5 Å². The first kappa shape index (κ1) is 23.8. The number of benzene rings is 1. The van der Waals surface area contributed by atoms with Gasteiger partial charge in [0, 0.05) is 40.9 Å². The van der Waals surface area contributed by atoms with Crippen molar-refractivity contribution in [2.75, 3.05) is 17.2 Å². The number of hydrogen-bond acceptors (Lipinski definition) is 7. The highest BCUT2D eigenvalue weighted by atomic mass is 32.2. The Morgan fingerprint density at radius 3 is 2.69 bits per heavy atom. The third-order valence-corrected chi connectivity index (χ3v) is 8.01. The molecule has 0 saturated carbocycles. The van der Waals surface area contributed by atoms with Crippen LogP contribution in [0.4, 0.5) is 11.6 Å². The van der Waals surface area contributed by atoms with Crippen molar-refractivity contribution < 1.29 is 13.2 Å². The number of nitrogens with two attached hydrogens (primary N) is 1. The molecule has 0 bridgehead atoms. The van der Waals surface area contributed by atoms with Gasteiger partial charge in [-0.3, -0.25) is 4.79 Å². The van der Waals surface area contributed by atoms with E-state index >= 15 is 0 Å². The fourth-order valence-corrected chi connectivity index (χ4v) is 6.16. The van der Waals surface area contributed by atoms with Crippen LogP contribution < -0.4 is 15.4 Å². The molecule has 4 heterocycles. The van der Waals surface area contributed by atoms with Crippen molar-refractivity contribution in [3.8, 4) is 11.3 Å². The summed E-state index contributed by atoms with van der Waals surface area (Å²) in [5.41, 5.74) is 8.26. The number of carbonyl (C=O) groups is 1. The molecule has 36 heavy (non-hydrogen) atoms. The number of amides is 1. The number of nitrogens with zero attached hydrogens (tertiary/aromatic N) is 3. The second-order valence-corrected chi connectivity index (χ2v) is 11.5. The minimum absolute atomic E-state index is 0.174. The van der Waals surface area contributed by atoms with Gasteiger partial charge in [0.2, 0.25) is 0 Å². The largest absolute Gasteiger partial charge is 0.383 e. The number of nitrogen functional groups attached to an aromatic ring is 1. The van der Waals surface area contributed by atoms with E-state index in [0.29, 0.717) is 24.0 Å². The molecule has 4 aromatic rings. The number of sulfonamides is 1. The predicted molar refractivity (Wildman–Crippen MR) is 140 cm³/mol. The van der Waals surface area contributed by atoms with Crippen LogP contribution in [0.25, 0.3) is 22.2 Å². The lowest BCUT2D eigenvalue weighted by Gasteiger charge is -2.34. The number of rotatable bonds is 5. The number of fused-ring (bicyclic) bond motifs is 1. The highest BCUT2D eigenvalue weighted by molar-refractivity contribution is 7.90. The van der Waals surface area contributed by atoms with Gasteiger partial charge in [0.15, 0.2) is 0 Å². The van der Waals surface area contributed by atoms with Gasteiger partial charge < -0.3 is 15.6 Å². The highest BCUT2D eigenvalue weighted by Gasteiger charge is 2.39. The molecule has 1 fully saturated rings. The molecule has 1 amide bonds. The summed E-state index contributed by atoms with van der Waals surface area (Å²) in [7, 11) is -4.24. The Morgan fingerprint density at radius 2 is 1.97 bits per heavy atom. The van der Waals surface area contributed by atoms with Gasteiger partial charge in [-0.1, -0.05) is 19.1 Å². The number of carbonyl (C=O) groups excluding carboxylic acids is 1. The number of hydrogen-bond donors (Lipinski definition) is 3. The van der Waals surface area contributed by atoms with Crippen LogP contribution in [0.15, 0.2) is 65.8 Å². The Kier molecular flexibility index (Phi) is 5.71. The van der Waals surface area contributed by atoms with E-state index in [0.717, 1.165) is 22.9 Å². The van der Waals surface area contributed by atoms with Crippen LogP contribution in [0, 0.1) is 5.92 Å². The lowest BCUT2D eigenvalue weighted by atomic mass is 9.97. The molecule has 186 valence electrons. The number of nitrogens with one attached hydrogen (secondary N) is 2. The zero-order valence-corrected chi connectivity index (χ0v) is 21.1. The Bertz CT molecular complexity index is 1580. The van der Waals surface area contributed by atoms with E-state index in [1.807, 2.05) is 30.5 Å². The molecule has 0 radical (unpaired) electrons. The van der Waals surface area contributed by atoms with Gasteiger partial charge in [-0.2, -0.15) is 0 Å². The molecule has 4 N–H and O–H groups in total. The molecule has 0 spiro atoms. The van der Waals surface area contributed by atoms with Gasteiger partial charge >= 0.3 is 0 Å². The fourth-order valence-electron chi connectivity index (χ4n) is 5.11. The number of aromatic amines is 1. The number of anilines is 2. The number of pyridine rings is 2. The zero-order chi connectivity index (χ0) is 25.7. The molecule has 1 saturated heterocycles. The summed E-state index contributed by atoms with van der Waals surface area (Å²) >= 11 is 0. The van der Waals surface area contributed by atoms with E-state index in [9.17, 15) is 13.2 Å². The van der Waals surface area contributed by atoms with Crippen LogP contribution in [0.2, 0.25) is 0 Å². The zero-order valence-electron chi connectivity index (χ0n) is 20.3. The first-order valence-electron chi connectivity index (χ1n) is 11.7. The average Bonchev–Trinajstić information content (AvgIpc) is 3.41.